The summed E-state index contributed by atoms with van der Waals surface area (Å²) in [5.41, 5.74) is 3.29. The fourth-order valence-corrected chi connectivity index (χ4v) is 3.06. The molecule has 0 aliphatic heterocycles. The first-order valence-corrected chi connectivity index (χ1v) is 8.85. The largest absolute Gasteiger partial charge is 0.249 e. The molecule has 1 rings (SSSR count). The second kappa shape index (κ2) is 10.9. The van der Waals surface area contributed by atoms with Crippen molar-refractivity contribution in [3.8, 4) is 0 Å². The van der Waals surface area contributed by atoms with Crippen LogP contribution in [0.4, 0.5) is 0 Å². The van der Waals surface area contributed by atoms with Crippen molar-refractivity contribution in [2.45, 2.75) is 71.1 Å². The number of thiazole rings is 1. The van der Waals surface area contributed by atoms with Crippen molar-refractivity contribution < 1.29 is 0 Å². The molecule has 0 aromatic carbocycles. The van der Waals surface area contributed by atoms with E-state index in [1.807, 2.05) is 5.51 Å². The van der Waals surface area contributed by atoms with Gasteiger partial charge in [-0.25, -0.2) is 4.98 Å². The lowest BCUT2D eigenvalue weighted by molar-refractivity contribution is 0.564. The van der Waals surface area contributed by atoms with Gasteiger partial charge in [0.2, 0.25) is 0 Å². The van der Waals surface area contributed by atoms with Crippen molar-refractivity contribution in [1.29, 1.82) is 0 Å². The number of nitrogens with zero attached hydrogens (tertiary/aromatic N) is 1. The van der Waals surface area contributed by atoms with Crippen molar-refractivity contribution in [3.05, 3.63) is 16.1 Å². The Morgan fingerprint density at radius 1 is 0.944 bits per heavy atom. The average Bonchev–Trinajstić information content (AvgIpc) is 2.77. The Morgan fingerprint density at radius 2 is 1.50 bits per heavy atom. The van der Waals surface area contributed by atoms with Crippen LogP contribution in [-0.2, 0) is 6.42 Å². The molecule has 104 valence electrons. The Labute approximate surface area is 122 Å². The standard InChI is InChI=1S/C15H27NS2/c1-14-15(16-13-18-14)11-9-7-5-3-2-4-6-8-10-12-17/h13,17H,2-12H2,1H3. The van der Waals surface area contributed by atoms with Gasteiger partial charge in [0.15, 0.2) is 0 Å². The summed E-state index contributed by atoms with van der Waals surface area (Å²) >= 11 is 6.00. The lowest BCUT2D eigenvalue weighted by Crippen LogP contribution is -1.88. The molecule has 1 heterocycles. The van der Waals surface area contributed by atoms with E-state index < -0.39 is 0 Å². The first-order chi connectivity index (χ1) is 8.84. The number of hydrogen-bond donors (Lipinski definition) is 1. The van der Waals surface area contributed by atoms with Crippen LogP contribution in [0.1, 0.15) is 68.4 Å². The minimum Gasteiger partial charge on any atom is -0.249 e. The molecule has 3 heteroatoms. The van der Waals surface area contributed by atoms with Gasteiger partial charge in [0.05, 0.1) is 11.2 Å². The monoisotopic (exact) mass is 285 g/mol. The Morgan fingerprint density at radius 3 is 2.00 bits per heavy atom. The summed E-state index contributed by atoms with van der Waals surface area (Å²) in [5, 5.41) is 0. The second-order valence-corrected chi connectivity index (χ2v) is 6.52. The van der Waals surface area contributed by atoms with Crippen molar-refractivity contribution in [1.82, 2.24) is 4.98 Å². The zero-order valence-electron chi connectivity index (χ0n) is 11.7. The highest BCUT2D eigenvalue weighted by molar-refractivity contribution is 7.80. The second-order valence-electron chi connectivity index (χ2n) is 5.01. The lowest BCUT2D eigenvalue weighted by atomic mass is 10.1. The Bertz CT molecular complexity index is 296. The number of hydrogen-bond acceptors (Lipinski definition) is 3. The minimum absolute atomic E-state index is 1.05. The summed E-state index contributed by atoms with van der Waals surface area (Å²) in [6, 6.07) is 0. The summed E-state index contributed by atoms with van der Waals surface area (Å²) in [7, 11) is 0. The third-order valence-electron chi connectivity index (χ3n) is 3.42. The Kier molecular flexibility index (Phi) is 9.68. The molecule has 0 spiro atoms. The van der Waals surface area contributed by atoms with Crippen LogP contribution in [0.5, 0.6) is 0 Å². The van der Waals surface area contributed by atoms with Gasteiger partial charge < -0.3 is 0 Å². The first-order valence-electron chi connectivity index (χ1n) is 7.34. The molecule has 0 atom stereocenters. The third kappa shape index (κ3) is 7.42. The fraction of sp³-hybridized carbons (Fsp3) is 0.800. The molecule has 0 radical (unpaired) electrons. The lowest BCUT2D eigenvalue weighted by Gasteiger charge is -2.02. The molecule has 0 aliphatic rings. The van der Waals surface area contributed by atoms with E-state index in [2.05, 4.69) is 24.5 Å². The van der Waals surface area contributed by atoms with Gasteiger partial charge in [-0.15, -0.1) is 11.3 Å². The van der Waals surface area contributed by atoms with Gasteiger partial charge in [-0.1, -0.05) is 44.9 Å². The van der Waals surface area contributed by atoms with Crippen LogP contribution in [0.15, 0.2) is 5.51 Å². The van der Waals surface area contributed by atoms with E-state index in [0.29, 0.717) is 0 Å². The zero-order valence-corrected chi connectivity index (χ0v) is 13.4. The molecule has 0 fully saturated rings. The maximum Gasteiger partial charge on any atom is 0.0797 e. The van der Waals surface area contributed by atoms with Crippen LogP contribution in [-0.4, -0.2) is 10.7 Å². The van der Waals surface area contributed by atoms with Crippen molar-refractivity contribution in [2.75, 3.05) is 5.75 Å². The molecule has 18 heavy (non-hydrogen) atoms. The van der Waals surface area contributed by atoms with Gasteiger partial charge in [-0.2, -0.15) is 12.6 Å². The summed E-state index contributed by atoms with van der Waals surface area (Å²) in [6.07, 6.45) is 13.6. The molecule has 1 nitrogen and oxygen atoms in total. The van der Waals surface area contributed by atoms with Gasteiger partial charge in [-0.3, -0.25) is 0 Å². The predicted octanol–water partition coefficient (Wildman–Crippen LogP) is 5.43. The van der Waals surface area contributed by atoms with Crippen molar-refractivity contribution >= 4 is 24.0 Å². The van der Waals surface area contributed by atoms with E-state index in [9.17, 15) is 0 Å². The number of rotatable bonds is 11. The van der Waals surface area contributed by atoms with E-state index in [1.54, 1.807) is 11.3 Å². The average molecular weight is 286 g/mol. The molecule has 1 aromatic heterocycles. The number of aromatic nitrogens is 1. The van der Waals surface area contributed by atoms with Gasteiger partial charge in [0, 0.05) is 4.88 Å². The SMILES string of the molecule is Cc1scnc1CCCCCCCCCCCS. The van der Waals surface area contributed by atoms with Gasteiger partial charge in [0.1, 0.15) is 0 Å². The number of aryl methyl sites for hydroxylation is 2. The predicted molar refractivity (Wildman–Crippen MR) is 86.0 cm³/mol. The molecule has 0 N–H and O–H groups in total. The quantitative estimate of drug-likeness (QED) is 0.422. The highest BCUT2D eigenvalue weighted by atomic mass is 32.1. The molecule has 0 aliphatic carbocycles. The molecule has 0 amide bonds. The van der Waals surface area contributed by atoms with Gasteiger partial charge >= 0.3 is 0 Å². The summed E-state index contributed by atoms with van der Waals surface area (Å²) < 4.78 is 0. The van der Waals surface area contributed by atoms with Crippen LogP contribution >= 0.6 is 24.0 Å². The summed E-state index contributed by atoms with van der Waals surface area (Å²) in [6.45, 7) is 2.18. The van der Waals surface area contributed by atoms with E-state index >= 15 is 0 Å². The molecule has 0 bridgehead atoms. The molecule has 1 aromatic rings. The maximum absolute atomic E-state index is 4.40. The van der Waals surface area contributed by atoms with E-state index in [4.69, 9.17) is 0 Å². The van der Waals surface area contributed by atoms with Gasteiger partial charge in [0.25, 0.3) is 0 Å². The topological polar surface area (TPSA) is 12.9 Å². The highest BCUT2D eigenvalue weighted by Gasteiger charge is 2.00. The van der Waals surface area contributed by atoms with E-state index in [0.717, 1.165) is 5.75 Å². The zero-order chi connectivity index (χ0) is 13.1. The smallest absolute Gasteiger partial charge is 0.0797 e. The first kappa shape index (κ1) is 16.0. The summed E-state index contributed by atoms with van der Waals surface area (Å²) in [4.78, 5) is 5.81. The number of thiol groups is 1. The van der Waals surface area contributed by atoms with Crippen LogP contribution < -0.4 is 0 Å². The molecule has 0 unspecified atom stereocenters. The Balaban J connectivity index is 1.83. The Hall–Kier alpha value is -0.0200. The molecular formula is C15H27NS2. The summed E-state index contributed by atoms with van der Waals surface area (Å²) in [5.74, 6) is 1.05. The van der Waals surface area contributed by atoms with Crippen molar-refractivity contribution in [2.24, 2.45) is 0 Å². The van der Waals surface area contributed by atoms with Crippen LogP contribution in [0.2, 0.25) is 0 Å². The van der Waals surface area contributed by atoms with Crippen LogP contribution in [0.25, 0.3) is 0 Å². The third-order valence-corrected chi connectivity index (χ3v) is 4.53. The highest BCUT2D eigenvalue weighted by Crippen LogP contribution is 2.15. The fourth-order valence-electron chi connectivity index (χ4n) is 2.21. The van der Waals surface area contributed by atoms with Crippen LogP contribution in [0.3, 0.4) is 0 Å². The van der Waals surface area contributed by atoms with Gasteiger partial charge in [-0.05, 0) is 31.9 Å². The van der Waals surface area contributed by atoms with E-state index in [-0.39, 0.29) is 0 Å². The van der Waals surface area contributed by atoms with Crippen molar-refractivity contribution in [3.63, 3.8) is 0 Å². The minimum atomic E-state index is 1.05. The number of unbranched alkanes of at least 4 members (excludes halogenated alkanes) is 8. The molecule has 0 saturated carbocycles. The maximum atomic E-state index is 4.40. The molecule has 0 saturated heterocycles. The van der Waals surface area contributed by atoms with E-state index in [1.165, 1.54) is 74.8 Å². The molecular weight excluding hydrogens is 258 g/mol. The normalized spacial score (nSPS) is 11.0. The van der Waals surface area contributed by atoms with Crippen LogP contribution in [0, 0.1) is 6.92 Å².